The normalized spacial score (nSPS) is 25.0. The van der Waals surface area contributed by atoms with Crippen molar-refractivity contribution < 1.29 is 9.00 Å². The second-order valence-electron chi connectivity index (χ2n) is 5.62. The number of carbonyl (C=O) groups excluding carboxylic acids is 1. The summed E-state index contributed by atoms with van der Waals surface area (Å²) in [5, 5.41) is 3.01. The molecule has 1 aromatic rings. The minimum Gasteiger partial charge on any atom is -0.337 e. The minimum atomic E-state index is -0.812. The van der Waals surface area contributed by atoms with Crippen molar-refractivity contribution in [3.05, 3.63) is 29.8 Å². The number of rotatable bonds is 4. The third-order valence-electron chi connectivity index (χ3n) is 4.05. The van der Waals surface area contributed by atoms with Crippen molar-refractivity contribution in [1.82, 2.24) is 10.2 Å². The average Bonchev–Trinajstić information content (AvgIpc) is 2.51. The Morgan fingerprint density at radius 2 is 2.05 bits per heavy atom. The highest BCUT2D eigenvalue weighted by Crippen LogP contribution is 2.18. The number of benzene rings is 1. The molecule has 3 atom stereocenters. The highest BCUT2D eigenvalue weighted by molar-refractivity contribution is 7.99. The predicted molar refractivity (Wildman–Crippen MR) is 93.9 cm³/mol. The smallest absolute Gasteiger partial charge is 0.317 e. The van der Waals surface area contributed by atoms with E-state index >= 15 is 0 Å². The van der Waals surface area contributed by atoms with E-state index in [2.05, 4.69) is 36.5 Å². The fourth-order valence-electron chi connectivity index (χ4n) is 2.40. The first-order valence-corrected chi connectivity index (χ1v) is 9.97. The minimum absolute atomic E-state index is 0.0272. The monoisotopic (exact) mass is 340 g/mol. The second-order valence-corrected chi connectivity index (χ2v) is 8.70. The van der Waals surface area contributed by atoms with Crippen LogP contribution in [0.2, 0.25) is 0 Å². The van der Waals surface area contributed by atoms with E-state index in [1.807, 2.05) is 18.7 Å². The van der Waals surface area contributed by atoms with Gasteiger partial charge in [0.2, 0.25) is 0 Å². The molecule has 1 aliphatic heterocycles. The molecule has 1 aliphatic rings. The van der Waals surface area contributed by atoms with Crippen molar-refractivity contribution in [3.8, 4) is 0 Å². The van der Waals surface area contributed by atoms with Crippen molar-refractivity contribution in [2.45, 2.75) is 37.0 Å². The second kappa shape index (κ2) is 8.02. The van der Waals surface area contributed by atoms with Crippen molar-refractivity contribution in [2.75, 3.05) is 24.6 Å². The van der Waals surface area contributed by atoms with Gasteiger partial charge in [-0.25, -0.2) is 4.79 Å². The number of urea groups is 1. The quantitative estimate of drug-likeness (QED) is 0.677. The van der Waals surface area contributed by atoms with Gasteiger partial charge in [0.05, 0.1) is 5.25 Å². The first-order chi connectivity index (χ1) is 10.5. The maximum atomic E-state index is 12.2. The van der Waals surface area contributed by atoms with E-state index in [0.29, 0.717) is 18.8 Å². The van der Waals surface area contributed by atoms with Gasteiger partial charge in [-0.15, -0.1) is 11.8 Å². The van der Waals surface area contributed by atoms with Crippen LogP contribution >= 0.6 is 11.8 Å². The molecule has 1 saturated heterocycles. The van der Waals surface area contributed by atoms with E-state index in [-0.39, 0.29) is 17.3 Å². The van der Waals surface area contributed by atoms with Gasteiger partial charge in [0.25, 0.3) is 0 Å². The van der Waals surface area contributed by atoms with Gasteiger partial charge < -0.3 is 10.2 Å². The molecule has 122 valence electrons. The van der Waals surface area contributed by atoms with E-state index in [4.69, 9.17) is 0 Å². The van der Waals surface area contributed by atoms with Gasteiger partial charge in [-0.1, -0.05) is 17.7 Å². The molecule has 1 fully saturated rings. The Kier molecular flexibility index (Phi) is 6.32. The molecule has 1 aromatic carbocycles. The van der Waals surface area contributed by atoms with Crippen LogP contribution < -0.4 is 5.32 Å². The van der Waals surface area contributed by atoms with Gasteiger partial charge in [-0.2, -0.15) is 0 Å². The lowest BCUT2D eigenvalue weighted by atomic mass is 10.2. The van der Waals surface area contributed by atoms with Crippen LogP contribution in [0.5, 0.6) is 0 Å². The van der Waals surface area contributed by atoms with Gasteiger partial charge >= 0.3 is 6.03 Å². The van der Waals surface area contributed by atoms with Crippen molar-refractivity contribution in [1.29, 1.82) is 0 Å². The number of hydrogen-bond donors (Lipinski definition) is 1. The molecule has 22 heavy (non-hydrogen) atoms. The van der Waals surface area contributed by atoms with Crippen LogP contribution in [-0.4, -0.2) is 51.0 Å². The average molecular weight is 341 g/mol. The van der Waals surface area contributed by atoms with Gasteiger partial charge in [0.1, 0.15) is 0 Å². The molecule has 0 aliphatic carbocycles. The SMILES string of the molecule is Cc1ccc(SCCNC(=O)N2CC[S@@](=O)[C@H](C)[C@H]2C)cc1. The summed E-state index contributed by atoms with van der Waals surface area (Å²) in [4.78, 5) is 15.2. The number of aryl methyl sites for hydroxylation is 1. The Balaban J connectivity index is 1.73. The van der Waals surface area contributed by atoms with Crippen LogP contribution in [0.1, 0.15) is 19.4 Å². The lowest BCUT2D eigenvalue weighted by Gasteiger charge is -2.37. The van der Waals surface area contributed by atoms with Crippen LogP contribution in [0.4, 0.5) is 4.79 Å². The topological polar surface area (TPSA) is 49.4 Å². The van der Waals surface area contributed by atoms with Gasteiger partial charge in [-0.05, 0) is 32.9 Å². The zero-order valence-corrected chi connectivity index (χ0v) is 15.0. The van der Waals surface area contributed by atoms with Gasteiger partial charge in [-0.3, -0.25) is 4.21 Å². The number of nitrogens with one attached hydrogen (secondary N) is 1. The molecule has 4 nitrogen and oxygen atoms in total. The summed E-state index contributed by atoms with van der Waals surface area (Å²) in [6.07, 6.45) is 0. The van der Waals surface area contributed by atoms with Crippen molar-refractivity contribution >= 4 is 28.6 Å². The molecule has 0 radical (unpaired) electrons. The molecular weight excluding hydrogens is 316 g/mol. The molecule has 0 bridgehead atoms. The number of amides is 2. The number of carbonyl (C=O) groups is 1. The zero-order valence-electron chi connectivity index (χ0n) is 13.4. The van der Waals surface area contributed by atoms with Crippen LogP contribution in [0.3, 0.4) is 0 Å². The highest BCUT2D eigenvalue weighted by Gasteiger charge is 2.32. The lowest BCUT2D eigenvalue weighted by Crippen LogP contribution is -2.55. The molecule has 0 aromatic heterocycles. The summed E-state index contributed by atoms with van der Waals surface area (Å²) < 4.78 is 11.8. The Labute approximate surface area is 139 Å². The number of thioether (sulfide) groups is 1. The fraction of sp³-hybridized carbons (Fsp3) is 0.562. The van der Waals surface area contributed by atoms with E-state index in [1.54, 1.807) is 11.8 Å². The predicted octanol–water partition coefficient (Wildman–Crippen LogP) is 2.64. The summed E-state index contributed by atoms with van der Waals surface area (Å²) in [6.45, 7) is 7.21. The van der Waals surface area contributed by atoms with Crippen LogP contribution in [0.15, 0.2) is 29.2 Å². The standard InChI is InChI=1S/C16H24N2O2S2/c1-12-4-6-15(7-5-12)21-10-8-17-16(19)18-9-11-22(20)14(3)13(18)2/h4-7,13-14H,8-11H2,1-3H3,(H,17,19)/t13-,14-,22-/m1/s1. The van der Waals surface area contributed by atoms with Crippen LogP contribution in [-0.2, 0) is 10.8 Å². The van der Waals surface area contributed by atoms with Crippen molar-refractivity contribution in [2.24, 2.45) is 0 Å². The summed E-state index contributed by atoms with van der Waals surface area (Å²) in [7, 11) is -0.812. The first-order valence-electron chi connectivity index (χ1n) is 7.60. The largest absolute Gasteiger partial charge is 0.337 e. The lowest BCUT2D eigenvalue weighted by molar-refractivity contribution is 0.180. The maximum Gasteiger partial charge on any atom is 0.317 e. The van der Waals surface area contributed by atoms with E-state index < -0.39 is 10.8 Å². The molecule has 2 amide bonds. The third kappa shape index (κ3) is 4.49. The molecule has 0 spiro atoms. The highest BCUT2D eigenvalue weighted by atomic mass is 32.2. The molecule has 0 unspecified atom stereocenters. The van der Waals surface area contributed by atoms with E-state index in [0.717, 1.165) is 5.75 Å². The first kappa shape index (κ1) is 17.3. The Morgan fingerprint density at radius 1 is 1.36 bits per heavy atom. The molecule has 2 rings (SSSR count). The van der Waals surface area contributed by atoms with Crippen molar-refractivity contribution in [3.63, 3.8) is 0 Å². The molecule has 1 N–H and O–H groups in total. The van der Waals surface area contributed by atoms with Crippen LogP contribution in [0.25, 0.3) is 0 Å². The fourth-order valence-corrected chi connectivity index (χ4v) is 4.50. The van der Waals surface area contributed by atoms with Crippen LogP contribution in [0, 0.1) is 6.92 Å². The summed E-state index contributed by atoms with van der Waals surface area (Å²) in [5.41, 5.74) is 1.25. The molecular formula is C16H24N2O2S2. The Hall–Kier alpha value is -1.01. The molecule has 6 heteroatoms. The van der Waals surface area contributed by atoms with Gasteiger partial charge in [0, 0.05) is 46.3 Å². The van der Waals surface area contributed by atoms with E-state index in [1.165, 1.54) is 10.5 Å². The summed E-state index contributed by atoms with van der Waals surface area (Å²) >= 11 is 1.74. The third-order valence-corrected chi connectivity index (χ3v) is 6.87. The Morgan fingerprint density at radius 3 is 2.73 bits per heavy atom. The summed E-state index contributed by atoms with van der Waals surface area (Å²) in [6, 6.07) is 8.38. The molecule has 1 heterocycles. The molecule has 0 saturated carbocycles. The Bertz CT molecular complexity index is 533. The maximum absolute atomic E-state index is 12.2. The summed E-state index contributed by atoms with van der Waals surface area (Å²) in [5.74, 6) is 1.43. The number of hydrogen-bond acceptors (Lipinski definition) is 3. The zero-order chi connectivity index (χ0) is 16.1. The number of nitrogens with zero attached hydrogens (tertiary/aromatic N) is 1. The van der Waals surface area contributed by atoms with E-state index in [9.17, 15) is 9.00 Å². The van der Waals surface area contributed by atoms with Gasteiger partial charge in [0.15, 0.2) is 0 Å².